The van der Waals surface area contributed by atoms with Crippen LogP contribution >= 0.6 is 0 Å². The lowest BCUT2D eigenvalue weighted by atomic mass is 10.2. The summed E-state index contributed by atoms with van der Waals surface area (Å²) < 4.78 is 12.8. The molecule has 0 spiro atoms. The fourth-order valence-electron chi connectivity index (χ4n) is 1.88. The molecule has 0 heterocycles. The summed E-state index contributed by atoms with van der Waals surface area (Å²) in [5.41, 5.74) is 6.48. The second kappa shape index (κ2) is 6.69. The fraction of sp³-hybridized carbons (Fsp3) is 0.0625. The molecule has 0 saturated carbocycles. The number of nitrogens with zero attached hydrogens (tertiary/aromatic N) is 1. The van der Waals surface area contributed by atoms with E-state index in [9.17, 15) is 18.8 Å². The third kappa shape index (κ3) is 3.91. The Hall–Kier alpha value is -3.22. The van der Waals surface area contributed by atoms with Gasteiger partial charge in [-0.2, -0.15) is 0 Å². The van der Waals surface area contributed by atoms with E-state index in [1.165, 1.54) is 43.3 Å². The van der Waals surface area contributed by atoms with Crippen molar-refractivity contribution in [3.05, 3.63) is 54.3 Å². The molecule has 0 aliphatic rings. The lowest BCUT2D eigenvalue weighted by Crippen LogP contribution is -2.42. The summed E-state index contributed by atoms with van der Waals surface area (Å²) in [4.78, 5) is 36.7. The molecule has 0 bridgehead atoms. The van der Waals surface area contributed by atoms with Gasteiger partial charge < -0.3 is 11.1 Å². The monoisotopic (exact) mass is 315 g/mol. The molecule has 0 aliphatic heterocycles. The topological polar surface area (TPSA) is 92.5 Å². The number of rotatable bonds is 2. The van der Waals surface area contributed by atoms with E-state index in [4.69, 9.17) is 5.73 Å². The molecule has 23 heavy (non-hydrogen) atoms. The molecule has 0 unspecified atom stereocenters. The second-order valence-electron chi connectivity index (χ2n) is 4.71. The summed E-state index contributed by atoms with van der Waals surface area (Å²) in [6, 6.07) is 10.8. The molecule has 118 valence electrons. The number of amides is 3. The van der Waals surface area contributed by atoms with Gasteiger partial charge in [0, 0.05) is 18.3 Å². The van der Waals surface area contributed by atoms with Gasteiger partial charge in [-0.25, -0.2) is 9.29 Å². The van der Waals surface area contributed by atoms with Crippen LogP contribution in [0.2, 0.25) is 0 Å². The van der Waals surface area contributed by atoms with E-state index in [1.807, 2.05) is 0 Å². The molecule has 2 rings (SSSR count). The summed E-state index contributed by atoms with van der Waals surface area (Å²) >= 11 is 0. The van der Waals surface area contributed by atoms with Gasteiger partial charge in [-0.15, -0.1) is 0 Å². The Morgan fingerprint density at radius 3 is 2.09 bits per heavy atom. The number of nitrogen functional groups attached to an aromatic ring is 1. The average Bonchev–Trinajstić information content (AvgIpc) is 2.51. The molecule has 0 fully saturated rings. The zero-order chi connectivity index (χ0) is 17.0. The van der Waals surface area contributed by atoms with Crippen LogP contribution in [0.5, 0.6) is 0 Å². The minimum atomic E-state index is -1.05. The first-order valence-electron chi connectivity index (χ1n) is 6.65. The smallest absolute Gasteiger partial charge is 0.323 e. The highest BCUT2D eigenvalue weighted by molar-refractivity contribution is 6.48. The number of anilines is 3. The van der Waals surface area contributed by atoms with Crippen molar-refractivity contribution >= 4 is 34.8 Å². The zero-order valence-electron chi connectivity index (χ0n) is 12.2. The molecule has 3 amide bonds. The maximum Gasteiger partial charge on any atom is 0.323 e. The van der Waals surface area contributed by atoms with Crippen molar-refractivity contribution in [3.63, 3.8) is 0 Å². The van der Waals surface area contributed by atoms with E-state index in [0.29, 0.717) is 5.69 Å². The number of nitrogens with one attached hydrogen (secondary N) is 1. The molecular weight excluding hydrogens is 301 g/mol. The van der Waals surface area contributed by atoms with Gasteiger partial charge in [-0.3, -0.25) is 14.4 Å². The quantitative estimate of drug-likeness (QED) is 0.654. The molecular formula is C16H14FN3O3. The van der Waals surface area contributed by atoms with Gasteiger partial charge in [0.15, 0.2) is 0 Å². The zero-order valence-corrected chi connectivity index (χ0v) is 12.2. The largest absolute Gasteiger partial charge is 0.399 e. The van der Waals surface area contributed by atoms with Crippen molar-refractivity contribution < 1.29 is 18.8 Å². The van der Waals surface area contributed by atoms with Gasteiger partial charge >= 0.3 is 11.8 Å². The number of imide groups is 1. The Labute approximate surface area is 131 Å². The van der Waals surface area contributed by atoms with Gasteiger partial charge in [0.1, 0.15) is 5.82 Å². The maximum atomic E-state index is 12.8. The number of carbonyl (C=O) groups is 3. The summed E-state index contributed by atoms with van der Waals surface area (Å²) in [5.74, 6) is -3.15. The minimum Gasteiger partial charge on any atom is -0.399 e. The van der Waals surface area contributed by atoms with Crippen molar-refractivity contribution in [2.45, 2.75) is 6.92 Å². The summed E-state index contributed by atoms with van der Waals surface area (Å²) in [5, 5.41) is 2.31. The van der Waals surface area contributed by atoms with Crippen molar-refractivity contribution in [3.8, 4) is 0 Å². The van der Waals surface area contributed by atoms with Crippen LogP contribution in [-0.2, 0) is 14.4 Å². The summed E-state index contributed by atoms with van der Waals surface area (Å²) in [6.45, 7) is 1.17. The molecule has 0 aromatic heterocycles. The molecule has 2 aromatic carbocycles. The lowest BCUT2D eigenvalue weighted by Gasteiger charge is -2.18. The molecule has 0 radical (unpaired) electrons. The van der Waals surface area contributed by atoms with Crippen LogP contribution in [0.1, 0.15) is 6.92 Å². The van der Waals surface area contributed by atoms with Crippen molar-refractivity contribution in [2.75, 3.05) is 16.0 Å². The highest BCUT2D eigenvalue weighted by Gasteiger charge is 2.26. The number of hydrogen-bond acceptors (Lipinski definition) is 4. The Kier molecular flexibility index (Phi) is 4.70. The Morgan fingerprint density at radius 1 is 1.00 bits per heavy atom. The maximum absolute atomic E-state index is 12.8. The van der Waals surface area contributed by atoms with Gasteiger partial charge in [0.05, 0.1) is 5.69 Å². The van der Waals surface area contributed by atoms with Crippen LogP contribution in [-0.4, -0.2) is 17.7 Å². The number of carbonyl (C=O) groups excluding carboxylic acids is 3. The van der Waals surface area contributed by atoms with Crippen LogP contribution in [0, 0.1) is 5.82 Å². The number of nitrogens with two attached hydrogens (primary N) is 1. The highest BCUT2D eigenvalue weighted by atomic mass is 19.1. The van der Waals surface area contributed by atoms with E-state index >= 15 is 0 Å². The van der Waals surface area contributed by atoms with E-state index in [2.05, 4.69) is 5.32 Å². The van der Waals surface area contributed by atoms with Crippen molar-refractivity contribution in [2.24, 2.45) is 0 Å². The number of hydrogen-bond donors (Lipinski definition) is 2. The average molecular weight is 315 g/mol. The fourth-order valence-corrected chi connectivity index (χ4v) is 1.88. The van der Waals surface area contributed by atoms with Crippen molar-refractivity contribution in [1.29, 1.82) is 0 Å². The SMILES string of the molecule is CC(=O)N(C(=O)C(=O)Nc1ccc(F)cc1)c1ccc(N)cc1. The Bertz CT molecular complexity index is 742. The number of benzene rings is 2. The third-order valence-electron chi connectivity index (χ3n) is 2.97. The first-order chi connectivity index (χ1) is 10.9. The van der Waals surface area contributed by atoms with Crippen LogP contribution in [0.3, 0.4) is 0 Å². The summed E-state index contributed by atoms with van der Waals surface area (Å²) in [6.07, 6.45) is 0. The first kappa shape index (κ1) is 16.2. The van der Waals surface area contributed by atoms with Crippen LogP contribution < -0.4 is 16.0 Å². The molecule has 2 aromatic rings. The second-order valence-corrected chi connectivity index (χ2v) is 4.71. The molecule has 3 N–H and O–H groups in total. The normalized spacial score (nSPS) is 10.0. The van der Waals surface area contributed by atoms with Gasteiger partial charge in [-0.05, 0) is 48.5 Å². The predicted molar refractivity (Wildman–Crippen MR) is 84.1 cm³/mol. The molecule has 7 heteroatoms. The Morgan fingerprint density at radius 2 is 1.57 bits per heavy atom. The molecule has 6 nitrogen and oxygen atoms in total. The van der Waals surface area contributed by atoms with E-state index in [-0.39, 0.29) is 11.4 Å². The van der Waals surface area contributed by atoms with Crippen LogP contribution in [0.15, 0.2) is 48.5 Å². The molecule has 0 aliphatic carbocycles. The highest BCUT2D eigenvalue weighted by Crippen LogP contribution is 2.17. The minimum absolute atomic E-state index is 0.228. The van der Waals surface area contributed by atoms with E-state index in [1.54, 1.807) is 0 Å². The lowest BCUT2D eigenvalue weighted by molar-refractivity contribution is -0.136. The molecule has 0 atom stereocenters. The van der Waals surface area contributed by atoms with Gasteiger partial charge in [-0.1, -0.05) is 0 Å². The van der Waals surface area contributed by atoms with Crippen LogP contribution in [0.25, 0.3) is 0 Å². The van der Waals surface area contributed by atoms with Crippen LogP contribution in [0.4, 0.5) is 21.5 Å². The van der Waals surface area contributed by atoms with Gasteiger partial charge in [0.25, 0.3) is 0 Å². The number of halogens is 1. The Balaban J connectivity index is 2.20. The third-order valence-corrected chi connectivity index (χ3v) is 2.97. The summed E-state index contributed by atoms with van der Waals surface area (Å²) in [7, 11) is 0. The van der Waals surface area contributed by atoms with E-state index in [0.717, 1.165) is 17.0 Å². The molecule has 0 saturated heterocycles. The standard InChI is InChI=1S/C16H14FN3O3/c1-10(21)20(14-8-4-12(18)5-9-14)16(23)15(22)19-13-6-2-11(17)3-7-13/h2-9H,18H2,1H3,(H,19,22). The van der Waals surface area contributed by atoms with E-state index < -0.39 is 23.5 Å². The van der Waals surface area contributed by atoms with Gasteiger partial charge in [0.2, 0.25) is 5.91 Å². The first-order valence-corrected chi connectivity index (χ1v) is 6.65. The van der Waals surface area contributed by atoms with Crippen molar-refractivity contribution in [1.82, 2.24) is 0 Å². The predicted octanol–water partition coefficient (Wildman–Crippen LogP) is 1.93.